The van der Waals surface area contributed by atoms with Crippen LogP contribution < -0.4 is 4.74 Å². The molecule has 5 heteroatoms. The van der Waals surface area contributed by atoms with Crippen molar-refractivity contribution in [3.05, 3.63) is 65.7 Å². The summed E-state index contributed by atoms with van der Waals surface area (Å²) < 4.78 is 5.24. The van der Waals surface area contributed by atoms with Crippen molar-refractivity contribution in [2.24, 2.45) is 0 Å². The fourth-order valence-electron chi connectivity index (χ4n) is 3.69. The van der Waals surface area contributed by atoms with Crippen LogP contribution in [0.1, 0.15) is 35.2 Å². The Kier molecular flexibility index (Phi) is 7.82. The molecule has 29 heavy (non-hydrogen) atoms. The highest BCUT2D eigenvalue weighted by Gasteiger charge is 2.20. The number of carbonyl (C=O) groups excluding carboxylic acids is 2. The molecule has 2 aromatic carbocycles. The zero-order valence-corrected chi connectivity index (χ0v) is 17.2. The van der Waals surface area contributed by atoms with Crippen molar-refractivity contribution in [2.75, 3.05) is 39.8 Å². The lowest BCUT2D eigenvalue weighted by molar-refractivity contribution is -0.132. The van der Waals surface area contributed by atoms with Crippen molar-refractivity contribution in [3.63, 3.8) is 0 Å². The number of Topliss-reactive ketones (excluding diaryl/α,β-unsaturated/α-hetero) is 1. The molecule has 1 aliphatic heterocycles. The van der Waals surface area contributed by atoms with E-state index in [9.17, 15) is 9.59 Å². The van der Waals surface area contributed by atoms with Crippen LogP contribution in [-0.4, -0.2) is 61.3 Å². The van der Waals surface area contributed by atoms with Crippen molar-refractivity contribution in [3.8, 4) is 5.75 Å². The summed E-state index contributed by atoms with van der Waals surface area (Å²) in [7, 11) is 1.65. The molecule has 2 aromatic rings. The molecule has 1 aliphatic rings. The van der Waals surface area contributed by atoms with Gasteiger partial charge in [0.05, 0.1) is 7.11 Å². The number of hydrogen-bond acceptors (Lipinski definition) is 4. The Morgan fingerprint density at radius 2 is 1.69 bits per heavy atom. The first-order valence-electron chi connectivity index (χ1n) is 10.4. The number of piperazine rings is 1. The molecular formula is C24H30N2O3. The minimum absolute atomic E-state index is 0.206. The van der Waals surface area contributed by atoms with Crippen LogP contribution in [-0.2, 0) is 11.2 Å². The van der Waals surface area contributed by atoms with Gasteiger partial charge >= 0.3 is 0 Å². The van der Waals surface area contributed by atoms with Crippen LogP contribution in [0.2, 0.25) is 0 Å². The molecule has 0 radical (unpaired) electrons. The number of hydrogen-bond donors (Lipinski definition) is 0. The second-order valence-corrected chi connectivity index (χ2v) is 7.47. The lowest BCUT2D eigenvalue weighted by Crippen LogP contribution is -2.48. The second kappa shape index (κ2) is 10.8. The van der Waals surface area contributed by atoms with Gasteiger partial charge in [-0.3, -0.25) is 14.5 Å². The summed E-state index contributed by atoms with van der Waals surface area (Å²) in [5.41, 5.74) is 1.92. The molecule has 1 amide bonds. The number of nitrogens with zero attached hydrogens (tertiary/aromatic N) is 2. The Labute approximate surface area is 173 Å². The first-order chi connectivity index (χ1) is 14.2. The number of benzene rings is 2. The van der Waals surface area contributed by atoms with Gasteiger partial charge in [0, 0.05) is 44.6 Å². The molecule has 0 aliphatic carbocycles. The second-order valence-electron chi connectivity index (χ2n) is 7.47. The van der Waals surface area contributed by atoms with Crippen LogP contribution in [0.4, 0.5) is 0 Å². The molecule has 1 fully saturated rings. The van der Waals surface area contributed by atoms with Gasteiger partial charge in [-0.15, -0.1) is 0 Å². The van der Waals surface area contributed by atoms with E-state index in [1.165, 1.54) is 0 Å². The molecule has 0 N–H and O–H groups in total. The lowest BCUT2D eigenvalue weighted by Gasteiger charge is -2.34. The van der Waals surface area contributed by atoms with Gasteiger partial charge < -0.3 is 9.64 Å². The minimum Gasteiger partial charge on any atom is -0.497 e. The maximum absolute atomic E-state index is 12.5. The van der Waals surface area contributed by atoms with Gasteiger partial charge in [-0.05, 0) is 37.1 Å². The Morgan fingerprint density at radius 1 is 0.931 bits per heavy atom. The standard InChI is InChI=1S/C24H30N2O3/c1-29-22-10-5-7-20(19-22)12-13-24(28)26-17-15-25(16-18-26)14-6-11-23(27)21-8-3-2-4-9-21/h2-5,7-10,19H,6,11-18H2,1H3. The van der Waals surface area contributed by atoms with E-state index in [2.05, 4.69) is 4.90 Å². The average molecular weight is 395 g/mol. The zero-order chi connectivity index (χ0) is 20.5. The smallest absolute Gasteiger partial charge is 0.222 e. The maximum Gasteiger partial charge on any atom is 0.222 e. The van der Waals surface area contributed by atoms with E-state index >= 15 is 0 Å². The largest absolute Gasteiger partial charge is 0.497 e. The van der Waals surface area contributed by atoms with Gasteiger partial charge in [0.15, 0.2) is 5.78 Å². The third-order valence-corrected chi connectivity index (χ3v) is 5.46. The van der Waals surface area contributed by atoms with Crippen LogP contribution >= 0.6 is 0 Å². The average Bonchev–Trinajstić information content (AvgIpc) is 2.78. The molecule has 5 nitrogen and oxygen atoms in total. The van der Waals surface area contributed by atoms with E-state index in [0.29, 0.717) is 12.8 Å². The number of ether oxygens (including phenoxy) is 1. The van der Waals surface area contributed by atoms with Gasteiger partial charge in [0.25, 0.3) is 0 Å². The summed E-state index contributed by atoms with van der Waals surface area (Å²) in [6.07, 6.45) is 2.69. The molecule has 0 unspecified atom stereocenters. The third-order valence-electron chi connectivity index (χ3n) is 5.46. The number of aryl methyl sites for hydroxylation is 1. The summed E-state index contributed by atoms with van der Waals surface area (Å²) in [4.78, 5) is 29.0. The molecule has 0 aromatic heterocycles. The van der Waals surface area contributed by atoms with E-state index in [1.807, 2.05) is 59.5 Å². The van der Waals surface area contributed by atoms with Crippen molar-refractivity contribution in [1.29, 1.82) is 0 Å². The van der Waals surface area contributed by atoms with E-state index in [0.717, 1.165) is 62.4 Å². The predicted octanol–water partition coefficient (Wildman–Crippen LogP) is 3.44. The van der Waals surface area contributed by atoms with E-state index < -0.39 is 0 Å². The fourth-order valence-corrected chi connectivity index (χ4v) is 3.69. The first-order valence-corrected chi connectivity index (χ1v) is 10.4. The van der Waals surface area contributed by atoms with Crippen molar-refractivity contribution < 1.29 is 14.3 Å². The number of carbonyl (C=O) groups is 2. The molecule has 3 rings (SSSR count). The van der Waals surface area contributed by atoms with Gasteiger partial charge in [-0.25, -0.2) is 0 Å². The van der Waals surface area contributed by atoms with E-state index in [1.54, 1.807) is 7.11 Å². The number of ketones is 1. The SMILES string of the molecule is COc1cccc(CCC(=O)N2CCN(CCCC(=O)c3ccccc3)CC2)c1. The van der Waals surface area contributed by atoms with Crippen LogP contribution in [0.15, 0.2) is 54.6 Å². The monoisotopic (exact) mass is 394 g/mol. The van der Waals surface area contributed by atoms with E-state index in [4.69, 9.17) is 4.74 Å². The van der Waals surface area contributed by atoms with Crippen LogP contribution in [0, 0.1) is 0 Å². The van der Waals surface area contributed by atoms with Crippen molar-refractivity contribution in [1.82, 2.24) is 9.80 Å². The minimum atomic E-state index is 0.206. The van der Waals surface area contributed by atoms with Crippen molar-refractivity contribution >= 4 is 11.7 Å². The van der Waals surface area contributed by atoms with Gasteiger partial charge in [0.2, 0.25) is 5.91 Å². The molecule has 154 valence electrons. The lowest BCUT2D eigenvalue weighted by atomic mass is 10.1. The van der Waals surface area contributed by atoms with Crippen LogP contribution in [0.5, 0.6) is 5.75 Å². The third kappa shape index (κ3) is 6.43. The number of methoxy groups -OCH3 is 1. The summed E-state index contributed by atoms with van der Waals surface area (Å²) in [6, 6.07) is 17.4. The Bertz CT molecular complexity index is 799. The predicted molar refractivity (Wildman–Crippen MR) is 114 cm³/mol. The normalized spacial score (nSPS) is 14.6. The highest BCUT2D eigenvalue weighted by atomic mass is 16.5. The highest BCUT2D eigenvalue weighted by Crippen LogP contribution is 2.15. The molecule has 0 atom stereocenters. The highest BCUT2D eigenvalue weighted by molar-refractivity contribution is 5.95. The summed E-state index contributed by atoms with van der Waals surface area (Å²) in [5.74, 6) is 1.25. The number of amides is 1. The summed E-state index contributed by atoms with van der Waals surface area (Å²) >= 11 is 0. The zero-order valence-electron chi connectivity index (χ0n) is 17.2. The number of rotatable bonds is 9. The summed E-state index contributed by atoms with van der Waals surface area (Å²) in [6.45, 7) is 4.20. The molecule has 1 heterocycles. The molecule has 0 saturated carbocycles. The molecular weight excluding hydrogens is 364 g/mol. The van der Waals surface area contributed by atoms with Gasteiger partial charge in [-0.2, -0.15) is 0 Å². The first kappa shape index (κ1) is 21.1. The topological polar surface area (TPSA) is 49.9 Å². The van der Waals surface area contributed by atoms with Crippen molar-refractivity contribution in [2.45, 2.75) is 25.7 Å². The molecule has 1 saturated heterocycles. The van der Waals surface area contributed by atoms with Gasteiger partial charge in [0.1, 0.15) is 5.75 Å². The maximum atomic E-state index is 12.5. The Balaban J connectivity index is 1.34. The van der Waals surface area contributed by atoms with Crippen LogP contribution in [0.25, 0.3) is 0 Å². The quantitative estimate of drug-likeness (QED) is 0.612. The Morgan fingerprint density at radius 3 is 2.41 bits per heavy atom. The molecule has 0 bridgehead atoms. The molecule has 0 spiro atoms. The fraction of sp³-hybridized carbons (Fsp3) is 0.417. The van der Waals surface area contributed by atoms with Gasteiger partial charge in [-0.1, -0.05) is 42.5 Å². The summed E-state index contributed by atoms with van der Waals surface area (Å²) in [5, 5.41) is 0. The van der Waals surface area contributed by atoms with E-state index in [-0.39, 0.29) is 11.7 Å². The van der Waals surface area contributed by atoms with Crippen LogP contribution in [0.3, 0.4) is 0 Å². The Hall–Kier alpha value is -2.66.